The molecule has 3 heteroatoms. The lowest BCUT2D eigenvalue weighted by molar-refractivity contribution is 0.504. The number of hydrogen-bond acceptors (Lipinski definition) is 2. The molecule has 0 aromatic heterocycles. The zero-order valence-corrected chi connectivity index (χ0v) is 7.28. The van der Waals surface area contributed by atoms with Crippen molar-refractivity contribution in [1.29, 1.82) is 0 Å². The minimum absolute atomic E-state index is 1.08. The lowest BCUT2D eigenvalue weighted by Gasteiger charge is -2.05. The molecule has 0 amide bonds. The molecule has 0 aromatic carbocycles. The summed E-state index contributed by atoms with van der Waals surface area (Å²) < 4.78 is 18.0. The van der Waals surface area contributed by atoms with Gasteiger partial charge in [0, 0.05) is 0 Å². The van der Waals surface area contributed by atoms with Gasteiger partial charge in [-0.25, -0.2) is 0 Å². The van der Waals surface area contributed by atoms with Gasteiger partial charge < -0.3 is 4.55 Å². The van der Waals surface area contributed by atoms with E-state index in [0.29, 0.717) is 0 Å². The van der Waals surface area contributed by atoms with Crippen molar-refractivity contribution in [3.8, 4) is 0 Å². The standard InChI is InChI=1S/C6H12.CH4O2S/c1-2-4-6-5-3-1;1-4(2)3/h1-6H2;1H3,(H,2,3)/p-1. The second kappa shape index (κ2) is 7.22. The Balaban J connectivity index is 0.000000180. The van der Waals surface area contributed by atoms with E-state index in [2.05, 4.69) is 0 Å². The predicted octanol–water partition coefficient (Wildman–Crippen LogP) is 1.84. The molecule has 1 atom stereocenters. The Morgan fingerprint density at radius 2 is 1.10 bits per heavy atom. The quantitative estimate of drug-likeness (QED) is 0.511. The Kier molecular flexibility index (Phi) is 7.30. The van der Waals surface area contributed by atoms with Gasteiger partial charge in [-0.2, -0.15) is 0 Å². The summed E-state index contributed by atoms with van der Waals surface area (Å²) in [7, 11) is 0. The van der Waals surface area contributed by atoms with Crippen molar-refractivity contribution >= 4 is 11.1 Å². The fraction of sp³-hybridized carbons (Fsp3) is 1.00. The van der Waals surface area contributed by atoms with Crippen LogP contribution < -0.4 is 0 Å². The van der Waals surface area contributed by atoms with E-state index in [9.17, 15) is 0 Å². The highest BCUT2D eigenvalue weighted by Crippen LogP contribution is 2.15. The molecule has 1 saturated carbocycles. The van der Waals surface area contributed by atoms with Gasteiger partial charge in [-0.05, 0) is 6.26 Å². The molecule has 0 N–H and O–H groups in total. The Morgan fingerprint density at radius 3 is 1.20 bits per heavy atom. The van der Waals surface area contributed by atoms with E-state index < -0.39 is 11.1 Å². The van der Waals surface area contributed by atoms with Crippen LogP contribution in [0.4, 0.5) is 0 Å². The second-order valence-corrected chi connectivity index (χ2v) is 3.33. The SMILES string of the molecule is C1CCCCC1.CS(=O)[O-]. The van der Waals surface area contributed by atoms with Gasteiger partial charge in [0.05, 0.1) is 0 Å². The first-order valence-electron chi connectivity index (χ1n) is 3.74. The van der Waals surface area contributed by atoms with Gasteiger partial charge in [-0.3, -0.25) is 4.21 Å². The zero-order valence-electron chi connectivity index (χ0n) is 6.47. The third kappa shape index (κ3) is 11.0. The van der Waals surface area contributed by atoms with Gasteiger partial charge >= 0.3 is 0 Å². The van der Waals surface area contributed by atoms with E-state index in [0.717, 1.165) is 6.26 Å². The molecule has 1 fully saturated rings. The summed E-state index contributed by atoms with van der Waals surface area (Å²) in [5.74, 6) is 0. The first-order valence-corrected chi connectivity index (χ1v) is 5.22. The summed E-state index contributed by atoms with van der Waals surface area (Å²) >= 11 is -1.86. The highest BCUT2D eigenvalue weighted by molar-refractivity contribution is 7.78. The van der Waals surface area contributed by atoms with E-state index in [1.54, 1.807) is 0 Å². The molecule has 0 spiro atoms. The molecular weight excluding hydrogens is 148 g/mol. The maximum atomic E-state index is 9.00. The lowest BCUT2D eigenvalue weighted by atomic mass is 10.0. The summed E-state index contributed by atoms with van der Waals surface area (Å²) in [6, 6.07) is 0. The average Bonchev–Trinajstić information content (AvgIpc) is 1.90. The molecule has 10 heavy (non-hydrogen) atoms. The fourth-order valence-corrected chi connectivity index (χ4v) is 1.06. The Morgan fingerprint density at radius 1 is 1.00 bits per heavy atom. The maximum absolute atomic E-state index is 9.00. The number of rotatable bonds is 0. The van der Waals surface area contributed by atoms with Crippen LogP contribution in [0.15, 0.2) is 0 Å². The second-order valence-electron chi connectivity index (χ2n) is 2.52. The molecule has 62 valence electrons. The Hall–Kier alpha value is 0.110. The molecule has 0 bridgehead atoms. The van der Waals surface area contributed by atoms with E-state index in [1.165, 1.54) is 38.5 Å². The van der Waals surface area contributed by atoms with Crippen LogP contribution >= 0.6 is 0 Å². The molecule has 0 aliphatic heterocycles. The highest BCUT2D eigenvalue weighted by Gasteiger charge is 1.95. The molecule has 1 rings (SSSR count). The molecule has 0 radical (unpaired) electrons. The van der Waals surface area contributed by atoms with Gasteiger partial charge in [-0.1, -0.05) is 49.6 Å². The van der Waals surface area contributed by atoms with Gasteiger partial charge in [-0.15, -0.1) is 0 Å². The zero-order chi connectivity index (χ0) is 7.82. The first-order chi connectivity index (χ1) is 4.73. The van der Waals surface area contributed by atoms with Crippen LogP contribution in [0.3, 0.4) is 0 Å². The smallest absolute Gasteiger partial charge is 0.00142 e. The summed E-state index contributed by atoms with van der Waals surface area (Å²) in [5.41, 5.74) is 0. The largest absolute Gasteiger partial charge is 0.773 e. The summed E-state index contributed by atoms with van der Waals surface area (Å²) in [6.45, 7) is 0. The van der Waals surface area contributed by atoms with Gasteiger partial charge in [0.15, 0.2) is 0 Å². The predicted molar refractivity (Wildman–Crippen MR) is 42.5 cm³/mol. The van der Waals surface area contributed by atoms with Crippen molar-refractivity contribution in [3.05, 3.63) is 0 Å². The Labute approximate surface area is 65.3 Å². The van der Waals surface area contributed by atoms with Gasteiger partial charge in [0.2, 0.25) is 0 Å². The lowest BCUT2D eigenvalue weighted by Crippen LogP contribution is -1.85. The van der Waals surface area contributed by atoms with E-state index in [1.807, 2.05) is 0 Å². The average molecular weight is 163 g/mol. The highest BCUT2D eigenvalue weighted by atomic mass is 32.2. The van der Waals surface area contributed by atoms with Crippen molar-refractivity contribution in [2.75, 3.05) is 6.26 Å². The normalized spacial score (nSPS) is 20.6. The monoisotopic (exact) mass is 163 g/mol. The van der Waals surface area contributed by atoms with Crippen LogP contribution in [-0.4, -0.2) is 15.0 Å². The van der Waals surface area contributed by atoms with Gasteiger partial charge in [0.1, 0.15) is 0 Å². The fourth-order valence-electron chi connectivity index (χ4n) is 1.06. The van der Waals surface area contributed by atoms with Crippen molar-refractivity contribution in [3.63, 3.8) is 0 Å². The molecule has 2 nitrogen and oxygen atoms in total. The van der Waals surface area contributed by atoms with Crippen molar-refractivity contribution in [1.82, 2.24) is 0 Å². The third-order valence-electron chi connectivity index (χ3n) is 1.50. The van der Waals surface area contributed by atoms with Crippen LogP contribution in [0.25, 0.3) is 0 Å². The van der Waals surface area contributed by atoms with Crippen molar-refractivity contribution in [2.24, 2.45) is 0 Å². The Bertz CT molecular complexity index is 74.1. The summed E-state index contributed by atoms with van der Waals surface area (Å²) in [6.07, 6.45) is 10.1. The molecular formula is C7H15O2S-. The van der Waals surface area contributed by atoms with E-state index in [4.69, 9.17) is 8.76 Å². The topological polar surface area (TPSA) is 40.1 Å². The molecule has 0 saturated heterocycles. The molecule has 1 unspecified atom stereocenters. The van der Waals surface area contributed by atoms with Crippen LogP contribution in [0, 0.1) is 0 Å². The third-order valence-corrected chi connectivity index (χ3v) is 1.50. The minimum Gasteiger partial charge on any atom is -0.773 e. The number of hydrogen-bond donors (Lipinski definition) is 0. The minimum atomic E-state index is -1.86. The van der Waals surface area contributed by atoms with Crippen LogP contribution in [-0.2, 0) is 11.1 Å². The molecule has 0 heterocycles. The molecule has 1 aliphatic carbocycles. The van der Waals surface area contributed by atoms with Crippen molar-refractivity contribution in [2.45, 2.75) is 38.5 Å². The summed E-state index contributed by atoms with van der Waals surface area (Å²) in [4.78, 5) is 0. The molecule has 0 aromatic rings. The maximum Gasteiger partial charge on any atom is -0.00142 e. The summed E-state index contributed by atoms with van der Waals surface area (Å²) in [5, 5.41) is 0. The van der Waals surface area contributed by atoms with Crippen LogP contribution in [0.1, 0.15) is 38.5 Å². The van der Waals surface area contributed by atoms with Gasteiger partial charge in [0.25, 0.3) is 0 Å². The van der Waals surface area contributed by atoms with Crippen LogP contribution in [0.5, 0.6) is 0 Å². The van der Waals surface area contributed by atoms with Crippen LogP contribution in [0.2, 0.25) is 0 Å². The van der Waals surface area contributed by atoms with Crippen molar-refractivity contribution < 1.29 is 8.76 Å². The molecule has 1 aliphatic rings. The van der Waals surface area contributed by atoms with E-state index in [-0.39, 0.29) is 0 Å². The van der Waals surface area contributed by atoms with E-state index >= 15 is 0 Å². The first kappa shape index (κ1) is 10.1.